The zero-order valence-electron chi connectivity index (χ0n) is 8.35. The molecule has 2 rings (SSSR count). The summed E-state index contributed by atoms with van der Waals surface area (Å²) in [6, 6.07) is 4.48. The highest BCUT2D eigenvalue weighted by Gasteiger charge is 2.29. The van der Waals surface area contributed by atoms with Gasteiger partial charge >= 0.3 is 0 Å². The van der Waals surface area contributed by atoms with Crippen molar-refractivity contribution < 1.29 is 4.39 Å². The maximum Gasteiger partial charge on any atom is 0.123 e. The fourth-order valence-corrected chi connectivity index (χ4v) is 2.30. The first kappa shape index (κ1) is 11.2. The van der Waals surface area contributed by atoms with Crippen LogP contribution < -0.4 is 0 Å². The van der Waals surface area contributed by atoms with Crippen molar-refractivity contribution in [3.05, 3.63) is 34.6 Å². The number of aryl methyl sites for hydroxylation is 1. The first-order chi connectivity index (χ1) is 7.16. The molecule has 1 aliphatic carbocycles. The topological polar surface area (TPSA) is 0 Å². The van der Waals surface area contributed by atoms with E-state index in [1.54, 1.807) is 6.07 Å². The van der Waals surface area contributed by atoms with Gasteiger partial charge in [0.15, 0.2) is 0 Å². The van der Waals surface area contributed by atoms with Crippen molar-refractivity contribution in [2.75, 3.05) is 0 Å². The molecule has 0 bridgehead atoms. The second-order valence-electron chi connectivity index (χ2n) is 4.13. The molecule has 3 heteroatoms. The molecule has 0 N–H and O–H groups in total. The Kier molecular flexibility index (Phi) is 3.53. The van der Waals surface area contributed by atoms with Crippen molar-refractivity contribution in [2.24, 2.45) is 5.92 Å². The average Bonchev–Trinajstić information content (AvgIpc) is 3.02. The van der Waals surface area contributed by atoms with Crippen LogP contribution in [0, 0.1) is 11.7 Å². The van der Waals surface area contributed by atoms with Crippen LogP contribution in [-0.4, -0.2) is 5.38 Å². The highest BCUT2D eigenvalue weighted by molar-refractivity contribution is 6.31. The zero-order valence-corrected chi connectivity index (χ0v) is 9.86. The molecule has 1 aliphatic rings. The van der Waals surface area contributed by atoms with E-state index in [9.17, 15) is 4.39 Å². The van der Waals surface area contributed by atoms with Gasteiger partial charge in [0.2, 0.25) is 0 Å². The molecule has 1 saturated carbocycles. The molecule has 15 heavy (non-hydrogen) atoms. The van der Waals surface area contributed by atoms with Gasteiger partial charge in [0.05, 0.1) is 0 Å². The lowest BCUT2D eigenvalue weighted by Crippen LogP contribution is -2.03. The van der Waals surface area contributed by atoms with Crippen molar-refractivity contribution in [1.82, 2.24) is 0 Å². The van der Waals surface area contributed by atoms with E-state index >= 15 is 0 Å². The number of alkyl halides is 1. The molecule has 1 aromatic carbocycles. The van der Waals surface area contributed by atoms with Crippen LogP contribution in [0.1, 0.15) is 24.8 Å². The number of hydrogen-bond donors (Lipinski definition) is 0. The van der Waals surface area contributed by atoms with Crippen LogP contribution in [-0.2, 0) is 6.42 Å². The molecule has 0 spiro atoms. The first-order valence-corrected chi connectivity index (χ1v) is 6.06. The van der Waals surface area contributed by atoms with Crippen molar-refractivity contribution >= 4 is 23.2 Å². The Bertz CT molecular complexity index is 347. The van der Waals surface area contributed by atoms with Crippen molar-refractivity contribution in [3.63, 3.8) is 0 Å². The molecule has 82 valence electrons. The van der Waals surface area contributed by atoms with E-state index in [0.717, 1.165) is 18.4 Å². The minimum Gasteiger partial charge on any atom is -0.207 e. The highest BCUT2D eigenvalue weighted by Crippen LogP contribution is 2.37. The van der Waals surface area contributed by atoms with Crippen LogP contribution >= 0.6 is 23.2 Å². The number of benzene rings is 1. The average molecular weight is 247 g/mol. The number of hydrogen-bond acceptors (Lipinski definition) is 0. The van der Waals surface area contributed by atoms with Crippen LogP contribution in [0.4, 0.5) is 4.39 Å². The van der Waals surface area contributed by atoms with Gasteiger partial charge in [-0.15, -0.1) is 11.6 Å². The summed E-state index contributed by atoms with van der Waals surface area (Å²) in [4.78, 5) is 0. The zero-order chi connectivity index (χ0) is 10.8. The van der Waals surface area contributed by atoms with Crippen molar-refractivity contribution in [1.29, 1.82) is 0 Å². The van der Waals surface area contributed by atoms with E-state index in [4.69, 9.17) is 23.2 Å². The van der Waals surface area contributed by atoms with Gasteiger partial charge < -0.3 is 0 Å². The van der Waals surface area contributed by atoms with Gasteiger partial charge in [-0.3, -0.25) is 0 Å². The third-order valence-electron chi connectivity index (χ3n) is 2.83. The molecule has 0 aliphatic heterocycles. The summed E-state index contributed by atoms with van der Waals surface area (Å²) in [5, 5.41) is 0.861. The van der Waals surface area contributed by atoms with Crippen LogP contribution in [0.5, 0.6) is 0 Å². The predicted octanol–water partition coefficient (Wildman–Crippen LogP) is 4.43. The molecule has 0 amide bonds. The molecule has 1 fully saturated rings. The standard InChI is InChI=1S/C12H13Cl2F/c13-11(8-1-2-8)5-3-9-7-10(15)4-6-12(9)14/h4,6-8,11H,1-3,5H2. The largest absolute Gasteiger partial charge is 0.207 e. The quantitative estimate of drug-likeness (QED) is 0.690. The summed E-state index contributed by atoms with van der Waals surface area (Å²) >= 11 is 12.1. The summed E-state index contributed by atoms with van der Waals surface area (Å²) < 4.78 is 13.0. The van der Waals surface area contributed by atoms with E-state index in [-0.39, 0.29) is 11.2 Å². The lowest BCUT2D eigenvalue weighted by molar-refractivity contribution is 0.621. The summed E-state index contributed by atoms with van der Waals surface area (Å²) in [5.74, 6) is 0.450. The van der Waals surface area contributed by atoms with E-state index in [1.807, 2.05) is 0 Å². The predicted molar refractivity (Wildman–Crippen MR) is 62.1 cm³/mol. The fourth-order valence-electron chi connectivity index (χ4n) is 1.72. The van der Waals surface area contributed by atoms with E-state index in [0.29, 0.717) is 10.9 Å². The maximum absolute atomic E-state index is 13.0. The molecule has 1 unspecified atom stereocenters. The molecule has 0 saturated heterocycles. The van der Waals surface area contributed by atoms with Crippen molar-refractivity contribution in [2.45, 2.75) is 31.1 Å². The Balaban J connectivity index is 1.94. The van der Waals surface area contributed by atoms with E-state index < -0.39 is 0 Å². The van der Waals surface area contributed by atoms with Gasteiger partial charge in [0.25, 0.3) is 0 Å². The molecular formula is C12H13Cl2F. The number of halogens is 3. The van der Waals surface area contributed by atoms with Crippen LogP contribution in [0.15, 0.2) is 18.2 Å². The Morgan fingerprint density at radius 2 is 2.13 bits per heavy atom. The molecular weight excluding hydrogens is 234 g/mol. The normalized spacial score (nSPS) is 17.8. The Hall–Kier alpha value is -0.270. The molecule has 0 nitrogen and oxygen atoms in total. The minimum absolute atomic E-state index is 0.226. The van der Waals surface area contributed by atoms with Gasteiger partial charge in [-0.25, -0.2) is 4.39 Å². The summed E-state index contributed by atoms with van der Waals surface area (Å²) in [6.45, 7) is 0. The second-order valence-corrected chi connectivity index (χ2v) is 5.10. The van der Waals surface area contributed by atoms with Gasteiger partial charge in [-0.1, -0.05) is 11.6 Å². The summed E-state index contributed by atoms with van der Waals surface area (Å²) in [5.41, 5.74) is 0.864. The summed E-state index contributed by atoms with van der Waals surface area (Å²) in [6.07, 6.45) is 4.13. The summed E-state index contributed by atoms with van der Waals surface area (Å²) in [7, 11) is 0. The molecule has 0 heterocycles. The number of rotatable bonds is 4. The fraction of sp³-hybridized carbons (Fsp3) is 0.500. The molecule has 1 aromatic rings. The third kappa shape index (κ3) is 3.09. The third-order valence-corrected chi connectivity index (χ3v) is 3.77. The highest BCUT2D eigenvalue weighted by atomic mass is 35.5. The van der Waals surface area contributed by atoms with Crippen LogP contribution in [0.2, 0.25) is 5.02 Å². The second kappa shape index (κ2) is 4.71. The van der Waals surface area contributed by atoms with Gasteiger partial charge in [0.1, 0.15) is 5.82 Å². The van der Waals surface area contributed by atoms with Crippen molar-refractivity contribution in [3.8, 4) is 0 Å². The maximum atomic E-state index is 13.0. The Labute approximate surface area is 99.4 Å². The SMILES string of the molecule is Fc1ccc(Cl)c(CCC(Cl)C2CC2)c1. The van der Waals surface area contributed by atoms with E-state index in [1.165, 1.54) is 25.0 Å². The van der Waals surface area contributed by atoms with Gasteiger partial charge in [-0.05, 0) is 55.4 Å². The van der Waals surface area contributed by atoms with Crippen LogP contribution in [0.3, 0.4) is 0 Å². The molecule has 1 atom stereocenters. The minimum atomic E-state index is -0.230. The molecule has 0 radical (unpaired) electrons. The van der Waals surface area contributed by atoms with Gasteiger partial charge in [-0.2, -0.15) is 0 Å². The van der Waals surface area contributed by atoms with Gasteiger partial charge in [0, 0.05) is 10.4 Å². The Morgan fingerprint density at radius 1 is 1.40 bits per heavy atom. The first-order valence-electron chi connectivity index (χ1n) is 5.25. The smallest absolute Gasteiger partial charge is 0.123 e. The molecule has 0 aromatic heterocycles. The Morgan fingerprint density at radius 3 is 2.80 bits per heavy atom. The van der Waals surface area contributed by atoms with E-state index in [2.05, 4.69) is 0 Å². The monoisotopic (exact) mass is 246 g/mol. The lowest BCUT2D eigenvalue weighted by atomic mass is 10.1. The lowest BCUT2D eigenvalue weighted by Gasteiger charge is -2.08. The van der Waals surface area contributed by atoms with Crippen LogP contribution in [0.25, 0.3) is 0 Å².